The van der Waals surface area contributed by atoms with Crippen LogP contribution in [0, 0.1) is 5.92 Å². The summed E-state index contributed by atoms with van der Waals surface area (Å²) in [6.45, 7) is 1.68. The molecule has 2 heterocycles. The number of rotatable bonds is 3. The fourth-order valence-corrected chi connectivity index (χ4v) is 3.58. The van der Waals surface area contributed by atoms with Gasteiger partial charge in [0.15, 0.2) is 0 Å². The fourth-order valence-electron chi connectivity index (χ4n) is 3.58. The van der Waals surface area contributed by atoms with Gasteiger partial charge in [0.05, 0.1) is 18.6 Å². The van der Waals surface area contributed by atoms with Crippen LogP contribution in [0.25, 0.3) is 10.8 Å². The zero-order valence-electron chi connectivity index (χ0n) is 13.7. The maximum Gasteiger partial charge on any atom is 0.352 e. The quantitative estimate of drug-likeness (QED) is 0.679. The van der Waals surface area contributed by atoms with Crippen LogP contribution >= 0.6 is 0 Å². The largest absolute Gasteiger partial charge is 0.463 e. The van der Waals surface area contributed by atoms with Crippen molar-refractivity contribution in [1.82, 2.24) is 0 Å². The van der Waals surface area contributed by atoms with E-state index in [0.29, 0.717) is 6.42 Å². The van der Waals surface area contributed by atoms with Crippen molar-refractivity contribution in [2.24, 2.45) is 5.92 Å². The number of aliphatic hydroxyl groups is 1. The number of esters is 2. The van der Waals surface area contributed by atoms with E-state index in [2.05, 4.69) is 0 Å². The molecule has 2 aromatic rings. The monoisotopic (exact) mass is 342 g/mol. The van der Waals surface area contributed by atoms with Gasteiger partial charge in [0, 0.05) is 0 Å². The van der Waals surface area contributed by atoms with Crippen LogP contribution in [0.2, 0.25) is 0 Å². The lowest BCUT2D eigenvalue weighted by Gasteiger charge is -2.21. The number of hydrogen-bond donors (Lipinski definition) is 1. The predicted molar refractivity (Wildman–Crippen MR) is 87.3 cm³/mol. The molecule has 0 amide bonds. The molecule has 0 radical (unpaired) electrons. The number of ether oxygens (including phenoxy) is 3. The molecular formula is C19H18O6. The number of benzene rings is 2. The van der Waals surface area contributed by atoms with Crippen LogP contribution in [-0.4, -0.2) is 35.5 Å². The Labute approximate surface area is 144 Å². The molecule has 0 aliphatic carbocycles. The first-order valence-corrected chi connectivity index (χ1v) is 8.29. The van der Waals surface area contributed by atoms with Crippen LogP contribution in [0.4, 0.5) is 0 Å². The molecule has 6 nitrogen and oxygen atoms in total. The highest BCUT2D eigenvalue weighted by Gasteiger charge is 2.66. The lowest BCUT2D eigenvalue weighted by atomic mass is 9.85. The third kappa shape index (κ3) is 2.41. The number of fused-ring (bicyclic) bond motifs is 2. The van der Waals surface area contributed by atoms with Crippen molar-refractivity contribution in [3.05, 3.63) is 48.0 Å². The first kappa shape index (κ1) is 16.1. The second-order valence-electron chi connectivity index (χ2n) is 6.33. The van der Waals surface area contributed by atoms with Gasteiger partial charge in [-0.25, -0.2) is 9.59 Å². The minimum Gasteiger partial charge on any atom is -0.463 e. The van der Waals surface area contributed by atoms with Crippen LogP contribution < -0.4 is 0 Å². The second-order valence-corrected chi connectivity index (χ2v) is 6.33. The van der Waals surface area contributed by atoms with E-state index in [-0.39, 0.29) is 12.7 Å². The van der Waals surface area contributed by atoms with Gasteiger partial charge in [0.25, 0.3) is 5.60 Å². The Hall–Kier alpha value is -2.44. The molecule has 0 aromatic heterocycles. The molecule has 2 aliphatic rings. The highest BCUT2D eigenvalue weighted by atomic mass is 16.7. The summed E-state index contributed by atoms with van der Waals surface area (Å²) < 4.78 is 15.8. The van der Waals surface area contributed by atoms with Gasteiger partial charge in [-0.05, 0) is 35.7 Å². The topological polar surface area (TPSA) is 82.1 Å². The molecule has 2 fully saturated rings. The summed E-state index contributed by atoms with van der Waals surface area (Å²) in [6, 6.07) is 13.9. The van der Waals surface area contributed by atoms with Gasteiger partial charge in [-0.2, -0.15) is 0 Å². The zero-order valence-corrected chi connectivity index (χ0v) is 13.7. The normalized spacial score (nSPS) is 31.0. The maximum atomic E-state index is 12.1. The van der Waals surface area contributed by atoms with E-state index in [4.69, 9.17) is 14.2 Å². The molecule has 0 saturated carbocycles. The molecule has 6 heteroatoms. The van der Waals surface area contributed by atoms with Gasteiger partial charge in [-0.3, -0.25) is 0 Å². The van der Waals surface area contributed by atoms with Gasteiger partial charge >= 0.3 is 11.9 Å². The Kier molecular flexibility index (Phi) is 3.74. The maximum absolute atomic E-state index is 12.1. The first-order valence-electron chi connectivity index (χ1n) is 8.29. The number of hydrogen-bond acceptors (Lipinski definition) is 6. The van der Waals surface area contributed by atoms with Gasteiger partial charge in [-0.1, -0.05) is 36.4 Å². The van der Waals surface area contributed by atoms with Crippen molar-refractivity contribution >= 4 is 22.7 Å². The average molecular weight is 342 g/mol. The summed E-state index contributed by atoms with van der Waals surface area (Å²) in [5, 5.41) is 12.8. The summed E-state index contributed by atoms with van der Waals surface area (Å²) in [7, 11) is 0. The summed E-state index contributed by atoms with van der Waals surface area (Å²) in [6.07, 6.45) is -1.02. The van der Waals surface area contributed by atoms with Crippen molar-refractivity contribution in [1.29, 1.82) is 0 Å². The highest BCUT2D eigenvalue weighted by molar-refractivity contribution is 6.05. The Balaban J connectivity index is 1.62. The summed E-state index contributed by atoms with van der Waals surface area (Å²) in [4.78, 5) is 24.1. The third-order valence-corrected chi connectivity index (χ3v) is 4.90. The first-order chi connectivity index (χ1) is 12.0. The van der Waals surface area contributed by atoms with E-state index in [9.17, 15) is 14.7 Å². The van der Waals surface area contributed by atoms with Crippen LogP contribution in [-0.2, 0) is 23.8 Å². The average Bonchev–Trinajstić information content (AvgIpc) is 3.14. The predicted octanol–water partition coefficient (Wildman–Crippen LogP) is 2.09. The van der Waals surface area contributed by atoms with Crippen molar-refractivity contribution in [2.75, 3.05) is 6.61 Å². The molecule has 2 saturated heterocycles. The minimum atomic E-state index is -2.30. The lowest BCUT2D eigenvalue weighted by molar-refractivity contribution is -0.180. The van der Waals surface area contributed by atoms with Crippen molar-refractivity contribution in [3.63, 3.8) is 0 Å². The smallest absolute Gasteiger partial charge is 0.352 e. The van der Waals surface area contributed by atoms with Crippen LogP contribution in [0.15, 0.2) is 42.5 Å². The van der Waals surface area contributed by atoms with E-state index in [1.165, 1.54) is 0 Å². The Morgan fingerprint density at radius 3 is 2.80 bits per heavy atom. The molecular weight excluding hydrogens is 324 g/mol. The number of carbonyl (C=O) groups excluding carboxylic acids is 2. The Bertz CT molecular complexity index is 847. The molecule has 1 N–H and O–H groups in total. The van der Waals surface area contributed by atoms with Crippen molar-refractivity contribution in [3.8, 4) is 0 Å². The zero-order chi connectivity index (χ0) is 17.6. The van der Waals surface area contributed by atoms with Gasteiger partial charge < -0.3 is 19.3 Å². The van der Waals surface area contributed by atoms with E-state index >= 15 is 0 Å². The lowest BCUT2D eigenvalue weighted by Crippen LogP contribution is -2.50. The standard InChI is InChI=1S/C19H18O6/c1-2-23-17(20)19(22)14-10-15(24-16(14)25-18(19)21)13-8-7-11-5-3-4-6-12(11)9-13/h3-9,14-16,22H,2,10H2,1H3/t14?,15-,16?,19+/m0/s1. The molecule has 4 rings (SSSR count). The van der Waals surface area contributed by atoms with Gasteiger partial charge in [-0.15, -0.1) is 0 Å². The highest BCUT2D eigenvalue weighted by Crippen LogP contribution is 2.48. The third-order valence-electron chi connectivity index (χ3n) is 4.90. The SMILES string of the molecule is CCOC(=O)[C@@]1(O)C(=O)OC2O[C@H](c3ccc4ccccc4c3)CC21. The fraction of sp³-hybridized carbons (Fsp3) is 0.368. The van der Waals surface area contributed by atoms with E-state index in [0.717, 1.165) is 16.3 Å². The molecule has 2 unspecified atom stereocenters. The van der Waals surface area contributed by atoms with Gasteiger partial charge in [0.1, 0.15) is 0 Å². The minimum absolute atomic E-state index is 0.0702. The van der Waals surface area contributed by atoms with E-state index < -0.39 is 29.7 Å². The summed E-state index contributed by atoms with van der Waals surface area (Å²) in [5.74, 6) is -2.76. The summed E-state index contributed by atoms with van der Waals surface area (Å²) >= 11 is 0. The molecule has 0 bridgehead atoms. The molecule has 4 atom stereocenters. The molecule has 130 valence electrons. The summed E-state index contributed by atoms with van der Waals surface area (Å²) in [5.41, 5.74) is -1.39. The second kappa shape index (κ2) is 5.82. The molecule has 25 heavy (non-hydrogen) atoms. The molecule has 2 aromatic carbocycles. The van der Waals surface area contributed by atoms with Crippen molar-refractivity contribution < 1.29 is 28.9 Å². The Morgan fingerprint density at radius 1 is 1.28 bits per heavy atom. The number of carbonyl (C=O) groups is 2. The van der Waals surface area contributed by atoms with E-state index in [1.807, 2.05) is 42.5 Å². The van der Waals surface area contributed by atoms with Crippen LogP contribution in [0.1, 0.15) is 25.0 Å². The van der Waals surface area contributed by atoms with Crippen LogP contribution in [0.3, 0.4) is 0 Å². The molecule has 2 aliphatic heterocycles. The van der Waals surface area contributed by atoms with Crippen LogP contribution in [0.5, 0.6) is 0 Å². The van der Waals surface area contributed by atoms with Crippen molar-refractivity contribution in [2.45, 2.75) is 31.3 Å². The Morgan fingerprint density at radius 2 is 2.04 bits per heavy atom. The van der Waals surface area contributed by atoms with E-state index in [1.54, 1.807) is 6.92 Å². The van der Waals surface area contributed by atoms with Gasteiger partial charge in [0.2, 0.25) is 6.29 Å². The molecule has 0 spiro atoms.